The highest BCUT2D eigenvalue weighted by atomic mass is 32.1. The number of rotatable bonds is 10. The number of nitrogen functional groups attached to an aromatic ring is 1. The van der Waals surface area contributed by atoms with E-state index in [-0.39, 0.29) is 17.9 Å². The third-order valence-electron chi connectivity index (χ3n) is 3.90. The first-order valence-corrected chi connectivity index (χ1v) is 11.0. The second-order valence-electron chi connectivity index (χ2n) is 6.92. The van der Waals surface area contributed by atoms with Gasteiger partial charge >= 0.3 is 0 Å². The van der Waals surface area contributed by atoms with Crippen molar-refractivity contribution in [2.24, 2.45) is 5.73 Å². The largest absolute Gasteiger partial charge is 0.397 e. The third-order valence-corrected chi connectivity index (χ3v) is 4.66. The fourth-order valence-corrected chi connectivity index (χ4v) is 2.52. The maximum atomic E-state index is 11.2. The first kappa shape index (κ1) is 31.1. The molecular formula is C23H37N5O3S. The van der Waals surface area contributed by atoms with Gasteiger partial charge in [0.15, 0.2) is 0 Å². The Bertz CT molecular complexity index is 795. The number of likely N-dealkylation sites (N-methyl/N-ethyl adjacent to an activating group) is 2. The van der Waals surface area contributed by atoms with E-state index in [1.165, 1.54) is 22.3 Å². The Balaban J connectivity index is 0. The van der Waals surface area contributed by atoms with Crippen molar-refractivity contribution in [3.8, 4) is 0 Å². The average molecular weight is 464 g/mol. The molecule has 0 atom stereocenters. The summed E-state index contributed by atoms with van der Waals surface area (Å²) in [6.07, 6.45) is 9.05. The zero-order valence-electron chi connectivity index (χ0n) is 19.8. The van der Waals surface area contributed by atoms with Crippen molar-refractivity contribution < 1.29 is 14.4 Å². The molecule has 0 bridgehead atoms. The van der Waals surface area contributed by atoms with Gasteiger partial charge in [0.05, 0.1) is 17.7 Å². The molecule has 5 N–H and O–H groups in total. The fraction of sp³-hybridized carbons (Fsp3) is 0.391. The summed E-state index contributed by atoms with van der Waals surface area (Å²) in [6.45, 7) is 12.4. The van der Waals surface area contributed by atoms with Crippen molar-refractivity contribution in [2.75, 3.05) is 39.5 Å². The van der Waals surface area contributed by atoms with Gasteiger partial charge < -0.3 is 26.7 Å². The molecule has 0 saturated heterocycles. The predicted octanol–water partition coefficient (Wildman–Crippen LogP) is 3.13. The second kappa shape index (κ2) is 18.7. The molecule has 1 rings (SSSR count). The van der Waals surface area contributed by atoms with E-state index in [1.807, 2.05) is 25.3 Å². The third kappa shape index (κ3) is 15.8. The number of allylic oxidation sites excluding steroid dienone is 5. The smallest absolute Gasteiger partial charge is 0.289 e. The zero-order chi connectivity index (χ0) is 25.1. The molecule has 0 aromatic carbocycles. The molecule has 32 heavy (non-hydrogen) atoms. The molecule has 178 valence electrons. The number of anilines is 1. The quantitative estimate of drug-likeness (QED) is 0.212. The van der Waals surface area contributed by atoms with Crippen molar-refractivity contribution in [1.29, 1.82) is 5.41 Å². The molecule has 0 spiro atoms. The highest BCUT2D eigenvalue weighted by Gasteiger charge is 2.15. The van der Waals surface area contributed by atoms with E-state index in [0.29, 0.717) is 5.69 Å². The summed E-state index contributed by atoms with van der Waals surface area (Å²) in [6, 6.07) is 0. The van der Waals surface area contributed by atoms with E-state index >= 15 is 0 Å². The van der Waals surface area contributed by atoms with Crippen LogP contribution in [0.25, 0.3) is 0 Å². The normalized spacial score (nSPS) is 9.69. The number of hydrogen-bond donors (Lipinski definition) is 3. The minimum absolute atomic E-state index is 0.0134. The van der Waals surface area contributed by atoms with Gasteiger partial charge in [-0.05, 0) is 27.4 Å². The van der Waals surface area contributed by atoms with Gasteiger partial charge in [-0.2, -0.15) is 0 Å². The van der Waals surface area contributed by atoms with E-state index in [0.717, 1.165) is 25.8 Å². The number of ketones is 1. The minimum atomic E-state index is -0.977. The van der Waals surface area contributed by atoms with E-state index in [2.05, 4.69) is 32.3 Å². The second-order valence-corrected chi connectivity index (χ2v) is 7.66. The van der Waals surface area contributed by atoms with Gasteiger partial charge in [0.2, 0.25) is 5.91 Å². The summed E-state index contributed by atoms with van der Waals surface area (Å²) in [5.41, 5.74) is 11.9. The topological polar surface area (TPSA) is 134 Å². The maximum absolute atomic E-state index is 11.2. The van der Waals surface area contributed by atoms with Crippen LogP contribution in [0.15, 0.2) is 47.2 Å². The highest BCUT2D eigenvalue weighted by molar-refractivity contribution is 7.08. The van der Waals surface area contributed by atoms with Crippen LogP contribution in [-0.2, 0) is 9.59 Å². The molecule has 9 heteroatoms. The minimum Gasteiger partial charge on any atom is -0.397 e. The van der Waals surface area contributed by atoms with Crippen LogP contribution in [0.2, 0.25) is 0 Å². The fourth-order valence-electron chi connectivity index (χ4n) is 1.80. The zero-order valence-corrected chi connectivity index (χ0v) is 20.6. The molecule has 1 heterocycles. The number of hydrogen-bond acceptors (Lipinski definition) is 7. The van der Waals surface area contributed by atoms with Gasteiger partial charge in [-0.15, -0.1) is 11.3 Å². The first-order valence-electron chi connectivity index (χ1n) is 10.0. The molecular weight excluding hydrogens is 426 g/mol. The number of Topliss-reactive ketones (excluding diaryl/α,β-unsaturated/α-hetero) is 1. The standard InChI is InChI=1S/C9H19N3O.C8H12.C6H6N2O2S/c1-4-11(2)7-8-12(3)9(13)5-6-10;1-4-5-6-7-8(2)3;7-4-2-11-1-3(4)5(9)6(8)10/h6,10H,4-5,7-8H2,1-3H3;4-7H,1H2,2-3H3;1-2H,7H2,(H2,8,10)/b;6-5-;. The van der Waals surface area contributed by atoms with E-state index < -0.39 is 11.7 Å². The van der Waals surface area contributed by atoms with Crippen LogP contribution in [0.1, 0.15) is 37.6 Å². The number of nitrogens with zero attached hydrogens (tertiary/aromatic N) is 2. The lowest BCUT2D eigenvalue weighted by Gasteiger charge is -2.20. The van der Waals surface area contributed by atoms with Crippen molar-refractivity contribution in [2.45, 2.75) is 27.2 Å². The van der Waals surface area contributed by atoms with Crippen molar-refractivity contribution in [3.63, 3.8) is 0 Å². The Morgan fingerprint density at radius 2 is 1.78 bits per heavy atom. The number of carbonyl (C=O) groups excluding carboxylic acids is 3. The Morgan fingerprint density at radius 1 is 1.16 bits per heavy atom. The molecule has 0 fully saturated rings. The van der Waals surface area contributed by atoms with E-state index in [4.69, 9.17) is 16.9 Å². The van der Waals surface area contributed by atoms with Crippen LogP contribution >= 0.6 is 11.3 Å². The Kier molecular flexibility index (Phi) is 18.2. The molecule has 1 aromatic rings. The Morgan fingerprint density at radius 3 is 2.19 bits per heavy atom. The molecule has 0 aliphatic heterocycles. The van der Waals surface area contributed by atoms with Gasteiger partial charge in [-0.3, -0.25) is 14.4 Å². The summed E-state index contributed by atoms with van der Waals surface area (Å²) >= 11 is 1.26. The SMILES string of the molecule is C=C/C=C\C=C(C)C.CCN(C)CCN(C)C(=O)CC=N.NC(=O)C(=O)c1cscc1N. The number of carbonyl (C=O) groups is 3. The molecule has 0 saturated carbocycles. The molecule has 8 nitrogen and oxygen atoms in total. The monoisotopic (exact) mass is 463 g/mol. The Labute approximate surface area is 195 Å². The molecule has 1 aromatic heterocycles. The lowest BCUT2D eigenvalue weighted by molar-refractivity contribution is -0.128. The highest BCUT2D eigenvalue weighted by Crippen LogP contribution is 2.17. The number of amides is 2. The number of primary amides is 1. The van der Waals surface area contributed by atoms with Crippen LogP contribution < -0.4 is 11.5 Å². The van der Waals surface area contributed by atoms with Gasteiger partial charge in [-0.1, -0.05) is 43.4 Å². The molecule has 2 amide bonds. The van der Waals surface area contributed by atoms with Crippen LogP contribution in [0.3, 0.4) is 0 Å². The predicted molar refractivity (Wildman–Crippen MR) is 135 cm³/mol. The number of nitrogens with one attached hydrogen (secondary N) is 1. The van der Waals surface area contributed by atoms with E-state index in [9.17, 15) is 14.4 Å². The Hall–Kier alpha value is -3.04. The summed E-state index contributed by atoms with van der Waals surface area (Å²) in [4.78, 5) is 36.3. The number of nitrogens with two attached hydrogens (primary N) is 2. The molecule has 0 aliphatic carbocycles. The molecule has 0 aliphatic rings. The van der Waals surface area contributed by atoms with Crippen LogP contribution in [0, 0.1) is 5.41 Å². The average Bonchev–Trinajstić information content (AvgIpc) is 3.17. The molecule has 0 radical (unpaired) electrons. The van der Waals surface area contributed by atoms with Crippen molar-refractivity contribution in [3.05, 3.63) is 52.8 Å². The van der Waals surface area contributed by atoms with E-state index in [1.54, 1.807) is 23.4 Å². The van der Waals surface area contributed by atoms with Gasteiger partial charge in [-0.25, -0.2) is 0 Å². The summed E-state index contributed by atoms with van der Waals surface area (Å²) < 4.78 is 0. The lowest BCUT2D eigenvalue weighted by Crippen LogP contribution is -2.34. The summed E-state index contributed by atoms with van der Waals surface area (Å²) in [7, 11) is 3.80. The van der Waals surface area contributed by atoms with Gasteiger partial charge in [0.25, 0.3) is 11.7 Å². The summed E-state index contributed by atoms with van der Waals surface area (Å²) in [5.74, 6) is -1.70. The molecule has 0 unspecified atom stereocenters. The van der Waals surface area contributed by atoms with Crippen LogP contribution in [-0.4, -0.2) is 67.3 Å². The van der Waals surface area contributed by atoms with Gasteiger partial charge in [0.1, 0.15) is 0 Å². The lowest BCUT2D eigenvalue weighted by atomic mass is 10.2. The van der Waals surface area contributed by atoms with Crippen molar-refractivity contribution in [1.82, 2.24) is 9.80 Å². The van der Waals surface area contributed by atoms with Crippen molar-refractivity contribution >= 4 is 40.8 Å². The summed E-state index contributed by atoms with van der Waals surface area (Å²) in [5, 5.41) is 9.88. The van der Waals surface area contributed by atoms with Crippen LogP contribution in [0.5, 0.6) is 0 Å². The first-order chi connectivity index (χ1) is 15.0. The maximum Gasteiger partial charge on any atom is 0.289 e. The van der Waals surface area contributed by atoms with Gasteiger partial charge in [0, 0.05) is 37.1 Å². The van der Waals surface area contributed by atoms with Crippen LogP contribution in [0.4, 0.5) is 5.69 Å². The number of thiophene rings is 1.